The molecular weight excluding hydrogens is 488 g/mol. The summed E-state index contributed by atoms with van der Waals surface area (Å²) in [6.45, 7) is 1.37. The van der Waals surface area contributed by atoms with Crippen molar-refractivity contribution in [3.8, 4) is 0 Å². The molecule has 3 N–H and O–H groups in total. The second-order valence-electron chi connectivity index (χ2n) is 6.57. The third-order valence-electron chi connectivity index (χ3n) is 4.52. The zero-order valence-electron chi connectivity index (χ0n) is 14.7. The monoisotopic (exact) mass is 507 g/mol. The Morgan fingerprint density at radius 1 is 1.33 bits per heavy atom. The van der Waals surface area contributed by atoms with Crippen LogP contribution in [0.25, 0.3) is 0 Å². The van der Waals surface area contributed by atoms with Crippen LogP contribution in [0.2, 0.25) is 0 Å². The van der Waals surface area contributed by atoms with Gasteiger partial charge in [-0.15, -0.1) is 0 Å². The summed E-state index contributed by atoms with van der Waals surface area (Å²) in [5.74, 6) is -0.678. The highest BCUT2D eigenvalue weighted by Gasteiger charge is 2.47. The average Bonchev–Trinajstić information content (AvgIpc) is 3.39. The Kier molecular flexibility index (Phi) is 5.50. The van der Waals surface area contributed by atoms with Gasteiger partial charge in [0.25, 0.3) is 5.56 Å². The lowest BCUT2D eigenvalue weighted by molar-refractivity contribution is 0.277. The zero-order valence-corrected chi connectivity index (χ0v) is 17.6. The van der Waals surface area contributed by atoms with Crippen LogP contribution in [0.15, 0.2) is 29.1 Å². The molecule has 2 atom stereocenters. The second-order valence-corrected chi connectivity index (χ2v) is 9.71. The third-order valence-corrected chi connectivity index (χ3v) is 7.07. The van der Waals surface area contributed by atoms with Crippen molar-refractivity contribution >= 4 is 49.8 Å². The van der Waals surface area contributed by atoms with Crippen LogP contribution in [-0.4, -0.2) is 29.9 Å². The van der Waals surface area contributed by atoms with E-state index >= 15 is 0 Å². The first-order valence-electron chi connectivity index (χ1n) is 8.19. The number of halogens is 2. The Morgan fingerprint density at radius 3 is 2.63 bits per heavy atom. The van der Waals surface area contributed by atoms with Gasteiger partial charge < -0.3 is 10.4 Å². The van der Waals surface area contributed by atoms with Crippen LogP contribution < -0.4 is 15.6 Å². The fourth-order valence-corrected chi connectivity index (χ4v) is 5.02. The van der Waals surface area contributed by atoms with Crippen molar-refractivity contribution in [1.82, 2.24) is 4.57 Å². The molecule has 0 aliphatic heterocycles. The van der Waals surface area contributed by atoms with Crippen molar-refractivity contribution in [1.29, 1.82) is 0 Å². The van der Waals surface area contributed by atoms with Crippen LogP contribution >= 0.6 is 22.6 Å². The van der Waals surface area contributed by atoms with E-state index in [0.29, 0.717) is 15.6 Å². The standard InChI is InChI=1S/C17H19FIN3O4S/c1-9-5-14(21-27(25,26)15-6-10(15)8-23)16(22(2)17(9)24)20-13-4-3-11(19)7-12(13)18/h3-5,7,10,15,20-21,23H,6,8H2,1-2H3. The van der Waals surface area contributed by atoms with E-state index in [0.717, 1.165) is 0 Å². The number of hydrogen-bond acceptors (Lipinski definition) is 5. The molecule has 2 unspecified atom stereocenters. The highest BCUT2D eigenvalue weighted by atomic mass is 127. The van der Waals surface area contributed by atoms with E-state index in [1.807, 2.05) is 22.6 Å². The van der Waals surface area contributed by atoms with Crippen LogP contribution in [0, 0.1) is 22.2 Å². The summed E-state index contributed by atoms with van der Waals surface area (Å²) in [6.07, 6.45) is 0.380. The first kappa shape index (κ1) is 20.1. The Hall–Kier alpha value is -1.66. The number of pyridine rings is 1. The van der Waals surface area contributed by atoms with Crippen LogP contribution in [0.3, 0.4) is 0 Å². The molecule has 0 bridgehead atoms. The topological polar surface area (TPSA) is 100 Å². The first-order valence-corrected chi connectivity index (χ1v) is 10.8. The highest BCUT2D eigenvalue weighted by molar-refractivity contribution is 14.1. The van der Waals surface area contributed by atoms with Crippen LogP contribution in [0.4, 0.5) is 21.6 Å². The number of benzene rings is 1. The molecule has 10 heteroatoms. The number of aromatic nitrogens is 1. The van der Waals surface area contributed by atoms with Gasteiger partial charge in [-0.1, -0.05) is 0 Å². The predicted octanol–water partition coefficient (Wildman–Crippen LogP) is 2.30. The first-order chi connectivity index (χ1) is 12.6. The normalized spacial score (nSPS) is 19.0. The number of sulfonamides is 1. The van der Waals surface area contributed by atoms with Gasteiger partial charge in [0.2, 0.25) is 10.0 Å². The van der Waals surface area contributed by atoms with Crippen molar-refractivity contribution in [2.45, 2.75) is 18.6 Å². The van der Waals surface area contributed by atoms with Gasteiger partial charge in [-0.3, -0.25) is 14.1 Å². The fourth-order valence-electron chi connectivity index (χ4n) is 2.86. The lowest BCUT2D eigenvalue weighted by Crippen LogP contribution is -2.26. The minimum absolute atomic E-state index is 0.120. The maximum absolute atomic E-state index is 14.2. The Labute approximate surface area is 169 Å². The maximum atomic E-state index is 14.2. The van der Waals surface area contributed by atoms with Crippen molar-refractivity contribution in [3.63, 3.8) is 0 Å². The predicted molar refractivity (Wildman–Crippen MR) is 110 cm³/mol. The lowest BCUT2D eigenvalue weighted by Gasteiger charge is -2.18. The Balaban J connectivity index is 2.02. The third kappa shape index (κ3) is 4.11. The number of aliphatic hydroxyl groups excluding tert-OH is 1. The molecule has 3 rings (SSSR count). The summed E-state index contributed by atoms with van der Waals surface area (Å²) in [6, 6.07) is 5.96. The molecule has 0 spiro atoms. The molecular formula is C17H19FIN3O4S. The average molecular weight is 507 g/mol. The maximum Gasteiger partial charge on any atom is 0.254 e. The van der Waals surface area contributed by atoms with Gasteiger partial charge in [-0.25, -0.2) is 12.8 Å². The van der Waals surface area contributed by atoms with E-state index in [-0.39, 0.29) is 35.3 Å². The molecule has 146 valence electrons. The molecule has 1 aliphatic rings. The molecule has 2 aromatic rings. The van der Waals surface area contributed by atoms with E-state index in [1.54, 1.807) is 13.0 Å². The number of nitrogens with one attached hydrogen (secondary N) is 2. The van der Waals surface area contributed by atoms with E-state index in [9.17, 15) is 17.6 Å². The molecule has 1 fully saturated rings. The largest absolute Gasteiger partial charge is 0.396 e. The summed E-state index contributed by atoms with van der Waals surface area (Å²) < 4.78 is 43.7. The van der Waals surface area contributed by atoms with Crippen molar-refractivity contribution in [2.24, 2.45) is 13.0 Å². The molecule has 0 saturated heterocycles. The van der Waals surface area contributed by atoms with Gasteiger partial charge in [-0.2, -0.15) is 0 Å². The van der Waals surface area contributed by atoms with Gasteiger partial charge in [0.15, 0.2) is 0 Å². The number of aliphatic hydroxyl groups is 1. The molecule has 0 radical (unpaired) electrons. The highest BCUT2D eigenvalue weighted by Crippen LogP contribution is 2.38. The number of rotatable bonds is 6. The minimum Gasteiger partial charge on any atom is -0.396 e. The minimum atomic E-state index is -3.74. The van der Waals surface area contributed by atoms with E-state index in [1.165, 1.54) is 29.8 Å². The fraction of sp³-hybridized carbons (Fsp3) is 0.353. The van der Waals surface area contributed by atoms with Gasteiger partial charge in [0.1, 0.15) is 11.6 Å². The molecule has 1 heterocycles. The van der Waals surface area contributed by atoms with Crippen molar-refractivity contribution in [2.75, 3.05) is 16.6 Å². The van der Waals surface area contributed by atoms with Crippen LogP contribution in [0.5, 0.6) is 0 Å². The summed E-state index contributed by atoms with van der Waals surface area (Å²) in [5, 5.41) is 11.3. The summed E-state index contributed by atoms with van der Waals surface area (Å²) >= 11 is 1.98. The van der Waals surface area contributed by atoms with Gasteiger partial charge in [-0.05, 0) is 60.2 Å². The van der Waals surface area contributed by atoms with E-state index in [2.05, 4.69) is 10.0 Å². The molecule has 1 saturated carbocycles. The number of nitrogens with zero attached hydrogens (tertiary/aromatic N) is 1. The van der Waals surface area contributed by atoms with Gasteiger partial charge in [0.05, 0.1) is 16.6 Å². The Bertz CT molecular complexity index is 1050. The summed E-state index contributed by atoms with van der Waals surface area (Å²) in [5.41, 5.74) is 0.287. The van der Waals surface area contributed by atoms with Gasteiger partial charge >= 0.3 is 0 Å². The second kappa shape index (κ2) is 7.40. The van der Waals surface area contributed by atoms with E-state index < -0.39 is 21.1 Å². The molecule has 1 aromatic carbocycles. The lowest BCUT2D eigenvalue weighted by atomic mass is 10.2. The van der Waals surface area contributed by atoms with Gasteiger partial charge in [0, 0.05) is 28.7 Å². The van der Waals surface area contributed by atoms with Crippen molar-refractivity contribution < 1.29 is 17.9 Å². The smallest absolute Gasteiger partial charge is 0.254 e. The molecule has 1 aliphatic carbocycles. The number of anilines is 3. The van der Waals surface area contributed by atoms with E-state index in [4.69, 9.17) is 5.11 Å². The van der Waals surface area contributed by atoms with Crippen molar-refractivity contribution in [3.05, 3.63) is 49.6 Å². The molecule has 1 aromatic heterocycles. The summed E-state index contributed by atoms with van der Waals surface area (Å²) in [4.78, 5) is 12.3. The van der Waals surface area contributed by atoms with Crippen LogP contribution in [-0.2, 0) is 17.1 Å². The number of aryl methyl sites for hydroxylation is 1. The zero-order chi connectivity index (χ0) is 19.9. The SMILES string of the molecule is Cc1cc(NS(=O)(=O)C2CC2CO)c(Nc2ccc(I)cc2F)n(C)c1=O. The Morgan fingerprint density at radius 2 is 2.04 bits per heavy atom. The summed E-state index contributed by atoms with van der Waals surface area (Å²) in [7, 11) is -2.26. The molecule has 7 nitrogen and oxygen atoms in total. The van der Waals surface area contributed by atoms with Crippen LogP contribution in [0.1, 0.15) is 12.0 Å². The quantitative estimate of drug-likeness (QED) is 0.522. The molecule has 0 amide bonds. The number of hydrogen-bond donors (Lipinski definition) is 3. The molecule has 27 heavy (non-hydrogen) atoms.